The fourth-order valence-corrected chi connectivity index (χ4v) is 5.26. The summed E-state index contributed by atoms with van der Waals surface area (Å²) in [6.45, 7) is 8.17. The van der Waals surface area contributed by atoms with Gasteiger partial charge < -0.3 is 9.80 Å². The second-order valence-corrected chi connectivity index (χ2v) is 9.64. The maximum Gasteiger partial charge on any atom is 0.255 e. The first-order valence-electron chi connectivity index (χ1n) is 9.92. The minimum absolute atomic E-state index is 0.0448. The molecular formula is C22H27N3O4. The van der Waals surface area contributed by atoms with E-state index in [1.165, 1.54) is 16.8 Å². The van der Waals surface area contributed by atoms with Crippen molar-refractivity contribution in [3.8, 4) is 0 Å². The number of hydrogen-bond donors (Lipinski definition) is 0. The lowest BCUT2D eigenvalue weighted by molar-refractivity contribution is -0.153. The van der Waals surface area contributed by atoms with Gasteiger partial charge in [0.2, 0.25) is 17.7 Å². The van der Waals surface area contributed by atoms with Gasteiger partial charge in [0.15, 0.2) is 0 Å². The number of carbonyl (C=O) groups is 4. The van der Waals surface area contributed by atoms with Crippen LogP contribution in [0.3, 0.4) is 0 Å². The van der Waals surface area contributed by atoms with Crippen LogP contribution < -0.4 is 0 Å². The molecule has 0 saturated carbocycles. The van der Waals surface area contributed by atoms with Crippen molar-refractivity contribution in [3.05, 3.63) is 35.4 Å². The van der Waals surface area contributed by atoms with Crippen molar-refractivity contribution in [2.24, 2.45) is 11.8 Å². The molecule has 1 aromatic carbocycles. The van der Waals surface area contributed by atoms with Gasteiger partial charge in [-0.05, 0) is 30.0 Å². The van der Waals surface area contributed by atoms with Gasteiger partial charge in [0.05, 0.1) is 17.9 Å². The van der Waals surface area contributed by atoms with Crippen LogP contribution in [-0.4, -0.2) is 70.5 Å². The van der Waals surface area contributed by atoms with E-state index in [0.29, 0.717) is 5.56 Å². The number of hydrogen-bond acceptors (Lipinski definition) is 4. The number of benzene rings is 1. The van der Waals surface area contributed by atoms with Crippen molar-refractivity contribution in [2.45, 2.75) is 44.7 Å². The first-order valence-corrected chi connectivity index (χ1v) is 9.92. The number of piperazine rings is 1. The number of likely N-dealkylation sites (tertiary alicyclic amines) is 2. The molecule has 7 heteroatoms. The predicted octanol–water partition coefficient (Wildman–Crippen LogP) is 1.27. The summed E-state index contributed by atoms with van der Waals surface area (Å²) in [5, 5.41) is 0. The summed E-state index contributed by atoms with van der Waals surface area (Å²) in [6.07, 6.45) is 0. The van der Waals surface area contributed by atoms with Crippen LogP contribution in [0.2, 0.25) is 0 Å². The number of likely N-dealkylation sites (N-methyl/N-ethyl adjacent to an activating group) is 1. The fraction of sp³-hybridized carbons (Fsp3) is 0.545. The topological polar surface area (TPSA) is 78.0 Å². The molecular weight excluding hydrogens is 370 g/mol. The van der Waals surface area contributed by atoms with Crippen LogP contribution in [0.4, 0.5) is 0 Å². The van der Waals surface area contributed by atoms with E-state index in [0.717, 1.165) is 10.5 Å². The molecule has 7 nitrogen and oxygen atoms in total. The molecule has 3 aliphatic heterocycles. The van der Waals surface area contributed by atoms with Gasteiger partial charge in [-0.1, -0.05) is 32.9 Å². The minimum atomic E-state index is -1.36. The second-order valence-electron chi connectivity index (χ2n) is 9.64. The van der Waals surface area contributed by atoms with Crippen LogP contribution >= 0.6 is 0 Å². The third-order valence-corrected chi connectivity index (χ3v) is 6.88. The number of fused-ring (bicyclic) bond motifs is 5. The number of nitrogens with zero attached hydrogens (tertiary/aromatic N) is 3. The summed E-state index contributed by atoms with van der Waals surface area (Å²) in [4.78, 5) is 56.5. The van der Waals surface area contributed by atoms with Crippen molar-refractivity contribution in [1.29, 1.82) is 0 Å². The van der Waals surface area contributed by atoms with Gasteiger partial charge in [-0.2, -0.15) is 0 Å². The van der Waals surface area contributed by atoms with Crippen LogP contribution in [0.5, 0.6) is 0 Å². The zero-order valence-electron chi connectivity index (χ0n) is 17.7. The standard InChI is InChI=1S/C22H27N3O4/c1-21(2,3)13-9-7-12(8-10-13)17(26)25-14-11-23(5)20(29)22(25,4)16-15(14)18(27)24(6)19(16)28/h7-10,14-16H,11H2,1-6H3/t14-,15+,16-,22-/m1/s1. The molecule has 0 unspecified atom stereocenters. The highest BCUT2D eigenvalue weighted by Crippen LogP contribution is 2.52. The monoisotopic (exact) mass is 397 g/mol. The molecule has 3 heterocycles. The van der Waals surface area contributed by atoms with Gasteiger partial charge in [-0.3, -0.25) is 24.1 Å². The molecule has 0 aromatic heterocycles. The zero-order chi connectivity index (χ0) is 21.5. The van der Waals surface area contributed by atoms with Crippen molar-refractivity contribution in [1.82, 2.24) is 14.7 Å². The number of amides is 4. The molecule has 4 amide bonds. The highest BCUT2D eigenvalue weighted by atomic mass is 16.2. The van der Waals surface area contributed by atoms with Gasteiger partial charge in [-0.25, -0.2) is 0 Å². The molecule has 0 aliphatic carbocycles. The Morgan fingerprint density at radius 1 is 1.03 bits per heavy atom. The summed E-state index contributed by atoms with van der Waals surface area (Å²) in [5.74, 6) is -2.80. The summed E-state index contributed by atoms with van der Waals surface area (Å²) in [6, 6.07) is 6.85. The molecule has 0 radical (unpaired) electrons. The largest absolute Gasteiger partial charge is 0.342 e. The van der Waals surface area contributed by atoms with Crippen molar-refractivity contribution in [2.75, 3.05) is 20.6 Å². The lowest BCUT2D eigenvalue weighted by atomic mass is 9.81. The lowest BCUT2D eigenvalue weighted by Gasteiger charge is -2.46. The van der Waals surface area contributed by atoms with E-state index in [9.17, 15) is 19.2 Å². The second kappa shape index (κ2) is 5.90. The fourth-order valence-electron chi connectivity index (χ4n) is 5.26. The van der Waals surface area contributed by atoms with Crippen molar-refractivity contribution >= 4 is 23.6 Å². The third kappa shape index (κ3) is 2.42. The Bertz CT molecular complexity index is 932. The molecule has 3 fully saturated rings. The molecule has 3 aliphatic rings. The predicted molar refractivity (Wildman–Crippen MR) is 106 cm³/mol. The molecule has 0 N–H and O–H groups in total. The SMILES string of the molecule is CN1C[C@@H]2[C@@H]3C(=O)N(C)C(=O)[C@@H]3[C@](C)(C1=O)N2C(=O)c1ccc(C(C)(C)C)cc1. The zero-order valence-corrected chi connectivity index (χ0v) is 17.7. The van der Waals surface area contributed by atoms with Crippen molar-refractivity contribution in [3.63, 3.8) is 0 Å². The molecule has 1 aromatic rings. The van der Waals surface area contributed by atoms with E-state index >= 15 is 0 Å². The smallest absolute Gasteiger partial charge is 0.255 e. The van der Waals surface area contributed by atoms with E-state index in [1.54, 1.807) is 26.1 Å². The maximum atomic E-state index is 13.5. The van der Waals surface area contributed by atoms with Gasteiger partial charge in [0.25, 0.3) is 5.91 Å². The molecule has 2 bridgehead atoms. The minimum Gasteiger partial charge on any atom is -0.342 e. The average molecular weight is 397 g/mol. The Morgan fingerprint density at radius 3 is 2.17 bits per heavy atom. The van der Waals surface area contributed by atoms with E-state index < -0.39 is 23.4 Å². The Labute approximate surface area is 170 Å². The number of imide groups is 1. The molecule has 4 rings (SSSR count). The number of carbonyl (C=O) groups excluding carboxylic acids is 4. The molecule has 154 valence electrons. The molecule has 3 saturated heterocycles. The average Bonchev–Trinajstić information content (AvgIpc) is 3.02. The van der Waals surface area contributed by atoms with Gasteiger partial charge in [0.1, 0.15) is 5.54 Å². The Hall–Kier alpha value is -2.70. The van der Waals surface area contributed by atoms with Crippen LogP contribution in [0.1, 0.15) is 43.6 Å². The Morgan fingerprint density at radius 2 is 1.62 bits per heavy atom. The van der Waals surface area contributed by atoms with E-state index in [4.69, 9.17) is 0 Å². The highest BCUT2D eigenvalue weighted by molar-refractivity contribution is 6.13. The van der Waals surface area contributed by atoms with E-state index in [1.807, 2.05) is 12.1 Å². The first-order chi connectivity index (χ1) is 13.4. The summed E-state index contributed by atoms with van der Waals surface area (Å²) in [5.41, 5.74) is 0.151. The van der Waals surface area contributed by atoms with E-state index in [-0.39, 0.29) is 35.6 Å². The van der Waals surface area contributed by atoms with Crippen LogP contribution in [-0.2, 0) is 19.8 Å². The highest BCUT2D eigenvalue weighted by Gasteiger charge is 2.73. The van der Waals surface area contributed by atoms with Gasteiger partial charge >= 0.3 is 0 Å². The normalized spacial score (nSPS) is 31.6. The lowest BCUT2D eigenvalue weighted by Crippen LogP contribution is -2.67. The quantitative estimate of drug-likeness (QED) is 0.669. The summed E-state index contributed by atoms with van der Waals surface area (Å²) >= 11 is 0. The number of rotatable bonds is 1. The summed E-state index contributed by atoms with van der Waals surface area (Å²) in [7, 11) is 3.11. The van der Waals surface area contributed by atoms with Crippen LogP contribution in [0, 0.1) is 11.8 Å². The molecule has 4 atom stereocenters. The Balaban J connectivity index is 1.78. The van der Waals surface area contributed by atoms with Crippen LogP contribution in [0.25, 0.3) is 0 Å². The van der Waals surface area contributed by atoms with Gasteiger partial charge in [0, 0.05) is 26.2 Å². The van der Waals surface area contributed by atoms with Gasteiger partial charge in [-0.15, -0.1) is 0 Å². The molecule has 29 heavy (non-hydrogen) atoms. The van der Waals surface area contributed by atoms with E-state index in [2.05, 4.69) is 20.8 Å². The Kier molecular flexibility index (Phi) is 3.99. The third-order valence-electron chi connectivity index (χ3n) is 6.88. The first kappa shape index (κ1) is 19.6. The molecule has 0 spiro atoms. The van der Waals surface area contributed by atoms with Crippen molar-refractivity contribution < 1.29 is 19.2 Å². The van der Waals surface area contributed by atoms with Crippen LogP contribution in [0.15, 0.2) is 24.3 Å². The summed E-state index contributed by atoms with van der Waals surface area (Å²) < 4.78 is 0. The maximum absolute atomic E-state index is 13.5.